The van der Waals surface area contributed by atoms with Crippen LogP contribution in [-0.2, 0) is 6.42 Å². The van der Waals surface area contributed by atoms with E-state index in [9.17, 15) is 18.7 Å². The van der Waals surface area contributed by atoms with Crippen LogP contribution in [0.5, 0.6) is 0 Å². The van der Waals surface area contributed by atoms with Gasteiger partial charge in [-0.05, 0) is 35.6 Å². The quantitative estimate of drug-likeness (QED) is 0.691. The number of H-pyrrole nitrogens is 2. The number of benzene rings is 1. The van der Waals surface area contributed by atoms with Gasteiger partial charge in [0.2, 0.25) is 0 Å². The number of nitrogens with zero attached hydrogens (tertiary/aromatic N) is 1. The van der Waals surface area contributed by atoms with Crippen molar-refractivity contribution in [3.05, 3.63) is 52.2 Å². The van der Waals surface area contributed by atoms with E-state index in [1.54, 1.807) is 31.3 Å². The van der Waals surface area contributed by atoms with Gasteiger partial charge in [0, 0.05) is 23.6 Å². The summed E-state index contributed by atoms with van der Waals surface area (Å²) in [5.74, 6) is 0. The van der Waals surface area contributed by atoms with Gasteiger partial charge in [0.1, 0.15) is 5.69 Å². The van der Waals surface area contributed by atoms with Gasteiger partial charge in [-0.3, -0.25) is 9.89 Å². The number of aromatic nitrogens is 3. The molecule has 0 amide bonds. The van der Waals surface area contributed by atoms with E-state index in [0.29, 0.717) is 28.3 Å². The van der Waals surface area contributed by atoms with Crippen molar-refractivity contribution in [2.75, 3.05) is 0 Å². The standard InChI is InChI=1S/C16H15F2N3O2/c1-8(22)4-10-6-19-16(23)11-3-2-9(5-12(10)11)13-7-20-21-14(13)15(17)18/h2-3,5-8,15,22H,4H2,1H3,(H,19,23)(H,20,21). The molecule has 1 unspecified atom stereocenters. The number of halogens is 2. The van der Waals surface area contributed by atoms with Crippen LogP contribution in [0.25, 0.3) is 21.9 Å². The first kappa shape index (κ1) is 15.4. The molecule has 3 rings (SSSR count). The molecule has 0 aliphatic heterocycles. The van der Waals surface area contributed by atoms with Gasteiger partial charge < -0.3 is 10.1 Å². The average molecular weight is 319 g/mol. The minimum atomic E-state index is -2.67. The summed E-state index contributed by atoms with van der Waals surface area (Å²) >= 11 is 0. The van der Waals surface area contributed by atoms with E-state index in [1.807, 2.05) is 0 Å². The molecule has 0 aliphatic rings. The number of aliphatic hydroxyl groups is 1. The molecule has 7 heteroatoms. The van der Waals surface area contributed by atoms with E-state index in [1.165, 1.54) is 6.20 Å². The summed E-state index contributed by atoms with van der Waals surface area (Å²) in [4.78, 5) is 14.6. The zero-order valence-electron chi connectivity index (χ0n) is 12.3. The lowest BCUT2D eigenvalue weighted by Gasteiger charge is -2.10. The molecule has 0 aliphatic carbocycles. The Hall–Kier alpha value is -2.54. The highest BCUT2D eigenvalue weighted by molar-refractivity contribution is 5.89. The molecule has 3 N–H and O–H groups in total. The number of fused-ring (bicyclic) bond motifs is 1. The summed E-state index contributed by atoms with van der Waals surface area (Å²) in [6.45, 7) is 1.64. The van der Waals surface area contributed by atoms with Crippen LogP contribution in [0.15, 0.2) is 35.4 Å². The molecule has 0 saturated heterocycles. The molecule has 0 bridgehead atoms. The Morgan fingerprint density at radius 3 is 2.78 bits per heavy atom. The molecule has 0 fully saturated rings. The van der Waals surface area contributed by atoms with Crippen molar-refractivity contribution in [2.24, 2.45) is 0 Å². The zero-order chi connectivity index (χ0) is 16.6. The average Bonchev–Trinajstić information content (AvgIpc) is 2.99. The number of nitrogens with one attached hydrogen (secondary N) is 2. The van der Waals surface area contributed by atoms with Gasteiger partial charge in [-0.15, -0.1) is 0 Å². The van der Waals surface area contributed by atoms with Crippen molar-refractivity contribution in [1.82, 2.24) is 15.2 Å². The minimum absolute atomic E-state index is 0.258. The van der Waals surface area contributed by atoms with E-state index < -0.39 is 12.5 Å². The van der Waals surface area contributed by atoms with Crippen LogP contribution in [0, 0.1) is 0 Å². The third-order valence-corrected chi connectivity index (χ3v) is 3.70. The third kappa shape index (κ3) is 2.87. The van der Waals surface area contributed by atoms with Crippen LogP contribution in [0.4, 0.5) is 8.78 Å². The summed E-state index contributed by atoms with van der Waals surface area (Å²) in [7, 11) is 0. The van der Waals surface area contributed by atoms with Crippen molar-refractivity contribution >= 4 is 10.8 Å². The molecule has 2 heterocycles. The van der Waals surface area contributed by atoms with Gasteiger partial charge in [-0.2, -0.15) is 5.10 Å². The molecule has 1 aromatic carbocycles. The van der Waals surface area contributed by atoms with Crippen LogP contribution in [0.3, 0.4) is 0 Å². The molecule has 2 aromatic heterocycles. The Morgan fingerprint density at radius 2 is 2.09 bits per heavy atom. The van der Waals surface area contributed by atoms with E-state index in [4.69, 9.17) is 0 Å². The summed E-state index contributed by atoms with van der Waals surface area (Å²) < 4.78 is 26.0. The van der Waals surface area contributed by atoms with Crippen LogP contribution in [0.1, 0.15) is 24.6 Å². The van der Waals surface area contributed by atoms with Gasteiger partial charge in [0.25, 0.3) is 12.0 Å². The minimum Gasteiger partial charge on any atom is -0.393 e. The van der Waals surface area contributed by atoms with Crippen molar-refractivity contribution in [1.29, 1.82) is 0 Å². The lowest BCUT2D eigenvalue weighted by atomic mass is 9.98. The predicted octanol–water partition coefficient (Wildman–Crippen LogP) is 2.78. The fourth-order valence-electron chi connectivity index (χ4n) is 2.66. The molecule has 5 nitrogen and oxygen atoms in total. The molecule has 0 spiro atoms. The first-order chi connectivity index (χ1) is 11.0. The SMILES string of the molecule is CC(O)Cc1c[nH]c(=O)c2ccc(-c3cn[nH]c3C(F)F)cc12. The Kier molecular flexibility index (Phi) is 3.96. The Labute approximate surface area is 130 Å². The third-order valence-electron chi connectivity index (χ3n) is 3.70. The highest BCUT2D eigenvalue weighted by Gasteiger charge is 2.17. The van der Waals surface area contributed by atoms with Gasteiger partial charge in [-0.25, -0.2) is 8.78 Å². The smallest absolute Gasteiger partial charge is 0.280 e. The molecule has 120 valence electrons. The maximum Gasteiger partial charge on any atom is 0.280 e. The van der Waals surface area contributed by atoms with Gasteiger partial charge in [0.15, 0.2) is 0 Å². The summed E-state index contributed by atoms with van der Waals surface area (Å²) in [6, 6.07) is 4.89. The first-order valence-electron chi connectivity index (χ1n) is 7.11. The second-order valence-electron chi connectivity index (χ2n) is 5.45. The Bertz CT molecular complexity index is 900. The van der Waals surface area contributed by atoms with Crippen LogP contribution >= 0.6 is 0 Å². The van der Waals surface area contributed by atoms with E-state index in [-0.39, 0.29) is 11.3 Å². The molecule has 23 heavy (non-hydrogen) atoms. The Balaban J connectivity index is 2.21. The highest BCUT2D eigenvalue weighted by atomic mass is 19.3. The fraction of sp³-hybridized carbons (Fsp3) is 0.250. The number of hydrogen-bond donors (Lipinski definition) is 3. The normalized spacial score (nSPS) is 12.9. The van der Waals surface area contributed by atoms with E-state index in [2.05, 4.69) is 15.2 Å². The molecule has 1 atom stereocenters. The number of rotatable bonds is 4. The maximum atomic E-state index is 13.0. The monoisotopic (exact) mass is 319 g/mol. The van der Waals surface area contributed by atoms with Crippen molar-refractivity contribution < 1.29 is 13.9 Å². The lowest BCUT2D eigenvalue weighted by Crippen LogP contribution is -2.11. The molecule has 3 aromatic rings. The van der Waals surface area contributed by atoms with Crippen molar-refractivity contribution in [3.63, 3.8) is 0 Å². The van der Waals surface area contributed by atoms with E-state index >= 15 is 0 Å². The number of aromatic amines is 2. The van der Waals surface area contributed by atoms with Crippen LogP contribution < -0.4 is 5.56 Å². The maximum absolute atomic E-state index is 13.0. The number of pyridine rings is 1. The fourth-order valence-corrected chi connectivity index (χ4v) is 2.66. The Morgan fingerprint density at radius 1 is 1.30 bits per heavy atom. The second-order valence-corrected chi connectivity index (χ2v) is 5.45. The predicted molar refractivity (Wildman–Crippen MR) is 82.5 cm³/mol. The van der Waals surface area contributed by atoms with Crippen LogP contribution in [-0.4, -0.2) is 26.4 Å². The molecular formula is C16H15F2N3O2. The largest absolute Gasteiger partial charge is 0.393 e. The van der Waals surface area contributed by atoms with Crippen molar-refractivity contribution in [3.8, 4) is 11.1 Å². The topological polar surface area (TPSA) is 81.8 Å². The molecule has 0 saturated carbocycles. The number of hydrogen-bond acceptors (Lipinski definition) is 3. The molecule has 0 radical (unpaired) electrons. The zero-order valence-corrected chi connectivity index (χ0v) is 12.3. The first-order valence-corrected chi connectivity index (χ1v) is 7.11. The van der Waals surface area contributed by atoms with Crippen LogP contribution in [0.2, 0.25) is 0 Å². The van der Waals surface area contributed by atoms with Gasteiger partial charge >= 0.3 is 0 Å². The highest BCUT2D eigenvalue weighted by Crippen LogP contribution is 2.31. The second kappa shape index (κ2) is 5.92. The summed E-state index contributed by atoms with van der Waals surface area (Å²) in [6.07, 6.45) is -0.0175. The van der Waals surface area contributed by atoms with Crippen molar-refractivity contribution in [2.45, 2.75) is 25.9 Å². The van der Waals surface area contributed by atoms with Gasteiger partial charge in [-0.1, -0.05) is 6.07 Å². The summed E-state index contributed by atoms with van der Waals surface area (Å²) in [5, 5.41) is 16.7. The van der Waals surface area contributed by atoms with E-state index in [0.717, 1.165) is 5.56 Å². The number of alkyl halides is 2. The van der Waals surface area contributed by atoms with Gasteiger partial charge in [0.05, 0.1) is 12.3 Å². The summed E-state index contributed by atoms with van der Waals surface area (Å²) in [5.41, 5.74) is 1.07. The number of aliphatic hydroxyl groups excluding tert-OH is 1. The lowest BCUT2D eigenvalue weighted by molar-refractivity contribution is 0.146. The molecular weight excluding hydrogens is 304 g/mol.